The molecule has 0 aromatic heterocycles. The highest BCUT2D eigenvalue weighted by Crippen LogP contribution is 2.30. The number of nitrogens with one attached hydrogen (secondary N) is 1. The lowest BCUT2D eigenvalue weighted by Crippen LogP contribution is -2.14. The fourth-order valence-electron chi connectivity index (χ4n) is 1.48. The van der Waals surface area contributed by atoms with E-state index in [-0.39, 0.29) is 0 Å². The van der Waals surface area contributed by atoms with Crippen molar-refractivity contribution in [2.24, 2.45) is 0 Å². The first kappa shape index (κ1) is 15.1. The van der Waals surface area contributed by atoms with Crippen molar-refractivity contribution in [2.75, 3.05) is 6.54 Å². The molecule has 17 heavy (non-hydrogen) atoms. The number of hydrogen-bond donors (Lipinski definition) is 1. The van der Waals surface area contributed by atoms with Crippen LogP contribution in [0.2, 0.25) is 0 Å². The van der Waals surface area contributed by atoms with Gasteiger partial charge in [0, 0.05) is 21.2 Å². The van der Waals surface area contributed by atoms with Gasteiger partial charge < -0.3 is 5.32 Å². The fourth-order valence-corrected chi connectivity index (χ4v) is 3.08. The third kappa shape index (κ3) is 5.45. The lowest BCUT2D eigenvalue weighted by molar-refractivity contribution is 0.669. The van der Waals surface area contributed by atoms with Gasteiger partial charge in [0.1, 0.15) is 0 Å². The Balaban J connectivity index is 2.72. The number of rotatable bonds is 7. The van der Waals surface area contributed by atoms with Crippen molar-refractivity contribution in [3.8, 4) is 0 Å². The minimum Gasteiger partial charge on any atom is -0.313 e. The molecule has 0 saturated carbocycles. The quantitative estimate of drug-likeness (QED) is 0.571. The molecule has 0 bridgehead atoms. The van der Waals surface area contributed by atoms with Crippen LogP contribution in [0, 0.1) is 0 Å². The maximum atomic E-state index is 3.56. The van der Waals surface area contributed by atoms with E-state index in [1.54, 1.807) is 0 Å². The molecule has 0 radical (unpaired) electrons. The molecule has 1 N–H and O–H groups in total. The zero-order valence-corrected chi connectivity index (χ0v) is 13.3. The molecule has 1 nitrogen and oxygen atoms in total. The molecule has 1 rings (SSSR count). The third-order valence-corrected chi connectivity index (χ3v) is 4.54. The van der Waals surface area contributed by atoms with Crippen LogP contribution in [0.1, 0.15) is 39.2 Å². The molecule has 0 aliphatic heterocycles. The predicted molar refractivity (Wildman–Crippen MR) is 81.7 cm³/mol. The van der Waals surface area contributed by atoms with Crippen molar-refractivity contribution in [1.82, 2.24) is 5.32 Å². The molecule has 0 fully saturated rings. The van der Waals surface area contributed by atoms with Gasteiger partial charge in [-0.05, 0) is 37.1 Å². The van der Waals surface area contributed by atoms with Crippen LogP contribution in [0.5, 0.6) is 0 Å². The standard InChI is InChI=1S/C14H22BrNS/c1-4-8-16-10-12-6-7-13(15)9-14(12)17-11(3)5-2/h6-7,9,11,16H,4-5,8,10H2,1-3H3. The summed E-state index contributed by atoms with van der Waals surface area (Å²) in [5.74, 6) is 0. The second kappa shape index (κ2) is 8.17. The van der Waals surface area contributed by atoms with Crippen LogP contribution in [0.15, 0.2) is 27.6 Å². The lowest BCUT2D eigenvalue weighted by atomic mass is 10.2. The van der Waals surface area contributed by atoms with E-state index in [0.717, 1.165) is 13.1 Å². The van der Waals surface area contributed by atoms with Crippen LogP contribution in [0.25, 0.3) is 0 Å². The minimum absolute atomic E-state index is 0.675. The molecule has 1 aromatic rings. The highest BCUT2D eigenvalue weighted by Gasteiger charge is 2.07. The fraction of sp³-hybridized carbons (Fsp3) is 0.571. The van der Waals surface area contributed by atoms with Gasteiger partial charge in [-0.2, -0.15) is 0 Å². The van der Waals surface area contributed by atoms with E-state index >= 15 is 0 Å². The van der Waals surface area contributed by atoms with E-state index in [1.807, 2.05) is 11.8 Å². The molecule has 1 unspecified atom stereocenters. The summed E-state index contributed by atoms with van der Waals surface area (Å²) >= 11 is 5.53. The average Bonchev–Trinajstić information content (AvgIpc) is 2.32. The molecule has 3 heteroatoms. The van der Waals surface area contributed by atoms with E-state index in [2.05, 4.69) is 60.2 Å². The van der Waals surface area contributed by atoms with E-state index in [4.69, 9.17) is 0 Å². The molecule has 0 amide bonds. The highest BCUT2D eigenvalue weighted by molar-refractivity contribution is 9.10. The van der Waals surface area contributed by atoms with Gasteiger partial charge in [-0.25, -0.2) is 0 Å². The Kier molecular flexibility index (Phi) is 7.24. The van der Waals surface area contributed by atoms with Crippen LogP contribution in [-0.2, 0) is 6.54 Å². The highest BCUT2D eigenvalue weighted by atomic mass is 79.9. The Morgan fingerprint density at radius 2 is 2.12 bits per heavy atom. The maximum absolute atomic E-state index is 3.56. The van der Waals surface area contributed by atoms with Gasteiger partial charge in [-0.15, -0.1) is 11.8 Å². The zero-order valence-electron chi connectivity index (χ0n) is 10.9. The second-order valence-electron chi connectivity index (χ2n) is 4.27. The summed E-state index contributed by atoms with van der Waals surface area (Å²) in [6, 6.07) is 6.58. The monoisotopic (exact) mass is 315 g/mol. The summed E-state index contributed by atoms with van der Waals surface area (Å²) < 4.78 is 1.17. The smallest absolute Gasteiger partial charge is 0.0216 e. The first-order valence-electron chi connectivity index (χ1n) is 6.33. The molecule has 0 saturated heterocycles. The molecule has 96 valence electrons. The predicted octanol–water partition coefficient (Wildman–Crippen LogP) is 4.84. The van der Waals surface area contributed by atoms with Crippen LogP contribution in [0.3, 0.4) is 0 Å². The van der Waals surface area contributed by atoms with Crippen molar-refractivity contribution < 1.29 is 0 Å². The largest absolute Gasteiger partial charge is 0.313 e. The Labute approximate surface area is 118 Å². The zero-order chi connectivity index (χ0) is 12.7. The van der Waals surface area contributed by atoms with Crippen LogP contribution in [0.4, 0.5) is 0 Å². The molecule has 0 aliphatic carbocycles. The molecule has 1 atom stereocenters. The summed E-state index contributed by atoms with van der Waals surface area (Å²) in [5.41, 5.74) is 1.41. The molecule has 1 aromatic carbocycles. The molecular weight excluding hydrogens is 294 g/mol. The van der Waals surface area contributed by atoms with Gasteiger partial charge in [0.15, 0.2) is 0 Å². The topological polar surface area (TPSA) is 12.0 Å². The first-order chi connectivity index (χ1) is 8.17. The van der Waals surface area contributed by atoms with Gasteiger partial charge in [-0.1, -0.05) is 42.8 Å². The Bertz CT molecular complexity index is 341. The summed E-state index contributed by atoms with van der Waals surface area (Å²) in [6.45, 7) is 8.78. The summed E-state index contributed by atoms with van der Waals surface area (Å²) in [7, 11) is 0. The van der Waals surface area contributed by atoms with Gasteiger partial charge in [0.2, 0.25) is 0 Å². The van der Waals surface area contributed by atoms with Crippen LogP contribution >= 0.6 is 27.7 Å². The average molecular weight is 316 g/mol. The van der Waals surface area contributed by atoms with Crippen LogP contribution in [-0.4, -0.2) is 11.8 Å². The number of benzene rings is 1. The molecule has 0 heterocycles. The summed E-state index contributed by atoms with van der Waals surface area (Å²) in [6.07, 6.45) is 2.39. The number of halogens is 1. The van der Waals surface area contributed by atoms with E-state index in [1.165, 1.54) is 27.8 Å². The van der Waals surface area contributed by atoms with Crippen molar-refractivity contribution in [1.29, 1.82) is 0 Å². The van der Waals surface area contributed by atoms with Gasteiger partial charge >= 0.3 is 0 Å². The van der Waals surface area contributed by atoms with Gasteiger partial charge in [0.25, 0.3) is 0 Å². The number of thioether (sulfide) groups is 1. The van der Waals surface area contributed by atoms with E-state index in [0.29, 0.717) is 5.25 Å². The first-order valence-corrected chi connectivity index (χ1v) is 8.00. The Hall–Kier alpha value is 0.01000. The van der Waals surface area contributed by atoms with Gasteiger partial charge in [-0.3, -0.25) is 0 Å². The maximum Gasteiger partial charge on any atom is 0.0216 e. The van der Waals surface area contributed by atoms with Gasteiger partial charge in [0.05, 0.1) is 0 Å². The Morgan fingerprint density at radius 3 is 2.76 bits per heavy atom. The number of hydrogen-bond acceptors (Lipinski definition) is 2. The lowest BCUT2D eigenvalue weighted by Gasteiger charge is -2.14. The summed E-state index contributed by atoms with van der Waals surface area (Å²) in [4.78, 5) is 1.40. The van der Waals surface area contributed by atoms with Crippen molar-refractivity contribution in [2.45, 2.75) is 50.3 Å². The molecule has 0 aliphatic rings. The normalized spacial score (nSPS) is 12.7. The molecule has 0 spiro atoms. The summed E-state index contributed by atoms with van der Waals surface area (Å²) in [5, 5.41) is 4.15. The SMILES string of the molecule is CCCNCc1ccc(Br)cc1SC(C)CC. The van der Waals surface area contributed by atoms with Crippen molar-refractivity contribution in [3.05, 3.63) is 28.2 Å². The third-order valence-electron chi connectivity index (χ3n) is 2.67. The minimum atomic E-state index is 0.675. The van der Waals surface area contributed by atoms with Crippen molar-refractivity contribution in [3.63, 3.8) is 0 Å². The van der Waals surface area contributed by atoms with E-state index < -0.39 is 0 Å². The van der Waals surface area contributed by atoms with Crippen molar-refractivity contribution >= 4 is 27.7 Å². The van der Waals surface area contributed by atoms with E-state index in [9.17, 15) is 0 Å². The van der Waals surface area contributed by atoms with Crippen LogP contribution < -0.4 is 5.32 Å². The molecular formula is C14H22BrNS. The Morgan fingerprint density at radius 1 is 1.35 bits per heavy atom. The second-order valence-corrected chi connectivity index (χ2v) is 6.66.